The van der Waals surface area contributed by atoms with Crippen molar-refractivity contribution in [2.45, 2.75) is 0 Å². The number of fused-ring (bicyclic) bond motifs is 9. The third kappa shape index (κ3) is 6.36. The molecule has 0 radical (unpaired) electrons. The van der Waals surface area contributed by atoms with Crippen LogP contribution in [0.5, 0.6) is 0 Å². The van der Waals surface area contributed by atoms with E-state index in [1.807, 2.05) is 60.7 Å². The molecule has 0 saturated heterocycles. The lowest BCUT2D eigenvalue weighted by atomic mass is 9.99. The van der Waals surface area contributed by atoms with Crippen LogP contribution in [0.15, 0.2) is 235 Å². The molecule has 7 heteroatoms. The second-order valence-corrected chi connectivity index (χ2v) is 17.4. The first-order valence-electron chi connectivity index (χ1n) is 23.1. The van der Waals surface area contributed by atoms with Crippen LogP contribution in [0, 0.1) is 0 Å². The van der Waals surface area contributed by atoms with E-state index in [9.17, 15) is 0 Å². The SMILES string of the molecule is c1ccc(-c2nc(-c3ccc4ccccc4c3)nc(-n3c4ccccc4c4ccc5c6ccccc6n(-c6ccc(-c7ccc(-c8cccc9nc(-c%10ccccc%10)oc89)cc7)cc6)c5c43)n2)cc1. The van der Waals surface area contributed by atoms with Gasteiger partial charge in [0, 0.05) is 49.5 Å². The molecule has 0 bridgehead atoms. The number of aromatic nitrogens is 6. The van der Waals surface area contributed by atoms with Gasteiger partial charge >= 0.3 is 0 Å². The summed E-state index contributed by atoms with van der Waals surface area (Å²) in [4.78, 5) is 20.6. The molecule has 14 aromatic rings. The lowest BCUT2D eigenvalue weighted by molar-refractivity contribution is 0.621. The van der Waals surface area contributed by atoms with E-state index in [0.717, 1.165) is 105 Å². The van der Waals surface area contributed by atoms with E-state index in [1.54, 1.807) is 0 Å². The molecule has 0 atom stereocenters. The molecule has 4 heterocycles. The van der Waals surface area contributed by atoms with Crippen molar-refractivity contribution in [3.63, 3.8) is 0 Å². The molecule has 10 aromatic carbocycles. The Labute approximate surface area is 395 Å². The van der Waals surface area contributed by atoms with Crippen LogP contribution in [0.2, 0.25) is 0 Å². The lowest BCUT2D eigenvalue weighted by Gasteiger charge is -2.14. The maximum atomic E-state index is 6.38. The van der Waals surface area contributed by atoms with E-state index in [0.29, 0.717) is 23.5 Å². The Bertz CT molecular complexity index is 4280. The predicted octanol–water partition coefficient (Wildman–Crippen LogP) is 15.7. The molecular formula is C62H38N6O. The fourth-order valence-corrected chi connectivity index (χ4v) is 10.1. The van der Waals surface area contributed by atoms with Gasteiger partial charge in [-0.15, -0.1) is 0 Å². The van der Waals surface area contributed by atoms with Crippen molar-refractivity contribution in [2.24, 2.45) is 0 Å². The van der Waals surface area contributed by atoms with Gasteiger partial charge in [0.25, 0.3) is 0 Å². The van der Waals surface area contributed by atoms with Gasteiger partial charge in [0.15, 0.2) is 17.2 Å². The Morgan fingerprint density at radius 2 is 0.884 bits per heavy atom. The molecule has 0 aliphatic rings. The standard InChI is InChI=1S/C62H38N6O/c1-3-15-43(16-4-1)59-64-60(46-31-28-39-14-7-8-19-45(39)38-46)66-62(65-59)68-55-25-12-10-21-50(55)52-37-36-51-49-20-9-11-24-54(49)67(56(51)57(52)68)47-34-32-41(33-35-47)40-26-29-42(30-27-40)48-22-13-23-53-58(48)69-61(63-53)44-17-5-2-6-18-44/h1-38H. The minimum Gasteiger partial charge on any atom is -0.435 e. The lowest BCUT2D eigenvalue weighted by Crippen LogP contribution is -2.07. The van der Waals surface area contributed by atoms with Crippen molar-refractivity contribution in [3.05, 3.63) is 231 Å². The van der Waals surface area contributed by atoms with Crippen molar-refractivity contribution < 1.29 is 4.42 Å². The molecular weight excluding hydrogens is 845 g/mol. The summed E-state index contributed by atoms with van der Waals surface area (Å²) in [5.74, 6) is 2.39. The Balaban J connectivity index is 0.927. The van der Waals surface area contributed by atoms with Crippen LogP contribution in [-0.2, 0) is 0 Å². The second kappa shape index (κ2) is 15.6. The van der Waals surface area contributed by atoms with Crippen LogP contribution in [-0.4, -0.2) is 29.1 Å². The molecule has 0 N–H and O–H groups in total. The summed E-state index contributed by atoms with van der Waals surface area (Å²) in [5.41, 5.74) is 14.0. The summed E-state index contributed by atoms with van der Waals surface area (Å²) in [5, 5.41) is 6.84. The molecule has 14 rings (SSSR count). The van der Waals surface area contributed by atoms with Crippen LogP contribution in [0.3, 0.4) is 0 Å². The zero-order valence-corrected chi connectivity index (χ0v) is 37.0. The molecule has 0 amide bonds. The first-order chi connectivity index (χ1) is 34.2. The average Bonchev–Trinajstić information content (AvgIpc) is 4.12. The van der Waals surface area contributed by atoms with Gasteiger partial charge < -0.3 is 8.98 Å². The second-order valence-electron chi connectivity index (χ2n) is 17.4. The van der Waals surface area contributed by atoms with E-state index >= 15 is 0 Å². The average molecular weight is 883 g/mol. The molecule has 0 spiro atoms. The van der Waals surface area contributed by atoms with E-state index in [-0.39, 0.29) is 0 Å². The van der Waals surface area contributed by atoms with Crippen LogP contribution in [0.1, 0.15) is 0 Å². The van der Waals surface area contributed by atoms with Crippen LogP contribution in [0.4, 0.5) is 0 Å². The molecule has 7 nitrogen and oxygen atoms in total. The predicted molar refractivity (Wildman–Crippen MR) is 281 cm³/mol. The number of nitrogens with zero attached hydrogens (tertiary/aromatic N) is 6. The van der Waals surface area contributed by atoms with Crippen molar-refractivity contribution in [1.82, 2.24) is 29.1 Å². The molecule has 322 valence electrons. The number of hydrogen-bond acceptors (Lipinski definition) is 5. The highest BCUT2D eigenvalue weighted by Crippen LogP contribution is 2.42. The molecule has 69 heavy (non-hydrogen) atoms. The fraction of sp³-hybridized carbons (Fsp3) is 0. The Morgan fingerprint density at radius 1 is 0.333 bits per heavy atom. The highest BCUT2D eigenvalue weighted by Gasteiger charge is 2.24. The Hall–Kier alpha value is -9.46. The Kier molecular flexibility index (Phi) is 8.75. The van der Waals surface area contributed by atoms with Gasteiger partial charge in [0.2, 0.25) is 11.8 Å². The summed E-state index contributed by atoms with van der Waals surface area (Å²) in [7, 11) is 0. The molecule has 0 aliphatic carbocycles. The third-order valence-electron chi connectivity index (χ3n) is 13.4. The van der Waals surface area contributed by atoms with Gasteiger partial charge in [-0.2, -0.15) is 9.97 Å². The quantitative estimate of drug-likeness (QED) is 0.159. The molecule has 0 fully saturated rings. The summed E-state index contributed by atoms with van der Waals surface area (Å²) in [6.45, 7) is 0. The summed E-state index contributed by atoms with van der Waals surface area (Å²) in [6.07, 6.45) is 0. The minimum atomic E-state index is 0.553. The normalized spacial score (nSPS) is 11.8. The van der Waals surface area contributed by atoms with Crippen molar-refractivity contribution in [3.8, 4) is 68.1 Å². The highest BCUT2D eigenvalue weighted by molar-refractivity contribution is 6.23. The summed E-state index contributed by atoms with van der Waals surface area (Å²) < 4.78 is 11.0. The number of hydrogen-bond donors (Lipinski definition) is 0. The van der Waals surface area contributed by atoms with Gasteiger partial charge in [-0.05, 0) is 76.0 Å². The molecule has 0 aliphatic heterocycles. The van der Waals surface area contributed by atoms with Crippen molar-refractivity contribution >= 4 is 65.5 Å². The van der Waals surface area contributed by atoms with Gasteiger partial charge in [0.05, 0.1) is 22.1 Å². The van der Waals surface area contributed by atoms with Gasteiger partial charge in [-0.3, -0.25) is 4.57 Å². The number of benzene rings is 10. The minimum absolute atomic E-state index is 0.553. The van der Waals surface area contributed by atoms with Gasteiger partial charge in [-0.25, -0.2) is 9.97 Å². The summed E-state index contributed by atoms with van der Waals surface area (Å²) >= 11 is 0. The van der Waals surface area contributed by atoms with Crippen molar-refractivity contribution in [2.75, 3.05) is 0 Å². The van der Waals surface area contributed by atoms with E-state index in [2.05, 4.69) is 179 Å². The zero-order valence-electron chi connectivity index (χ0n) is 37.0. The fourth-order valence-electron chi connectivity index (χ4n) is 10.1. The van der Waals surface area contributed by atoms with Crippen LogP contribution < -0.4 is 0 Å². The highest BCUT2D eigenvalue weighted by atomic mass is 16.3. The first-order valence-corrected chi connectivity index (χ1v) is 23.1. The molecule has 0 unspecified atom stereocenters. The zero-order chi connectivity index (χ0) is 45.4. The van der Waals surface area contributed by atoms with E-state index in [4.69, 9.17) is 24.4 Å². The van der Waals surface area contributed by atoms with Crippen molar-refractivity contribution in [1.29, 1.82) is 0 Å². The summed E-state index contributed by atoms with van der Waals surface area (Å²) in [6, 6.07) is 80.6. The smallest absolute Gasteiger partial charge is 0.238 e. The first kappa shape index (κ1) is 38.8. The molecule has 4 aromatic heterocycles. The third-order valence-corrected chi connectivity index (χ3v) is 13.4. The van der Waals surface area contributed by atoms with E-state index in [1.165, 1.54) is 5.39 Å². The van der Waals surface area contributed by atoms with Gasteiger partial charge in [0.1, 0.15) is 5.52 Å². The maximum absolute atomic E-state index is 6.38. The molecule has 0 saturated carbocycles. The monoisotopic (exact) mass is 882 g/mol. The topological polar surface area (TPSA) is 74.6 Å². The number of rotatable bonds is 7. The number of oxazole rings is 1. The Morgan fingerprint density at radius 3 is 1.59 bits per heavy atom. The van der Waals surface area contributed by atoms with E-state index < -0.39 is 0 Å². The van der Waals surface area contributed by atoms with Crippen LogP contribution >= 0.6 is 0 Å². The maximum Gasteiger partial charge on any atom is 0.238 e. The van der Waals surface area contributed by atoms with Crippen LogP contribution in [0.25, 0.3) is 134 Å². The van der Waals surface area contributed by atoms with Gasteiger partial charge in [-0.1, -0.05) is 182 Å². The number of para-hydroxylation sites is 3. The largest absolute Gasteiger partial charge is 0.435 e.